The van der Waals surface area contributed by atoms with E-state index < -0.39 is 0 Å². The summed E-state index contributed by atoms with van der Waals surface area (Å²) in [5.41, 5.74) is 1.74. The number of aromatic nitrogens is 1. The second kappa shape index (κ2) is 5.14. The fraction of sp³-hybridized carbons (Fsp3) is 0.0588. The van der Waals surface area contributed by atoms with E-state index >= 15 is 0 Å². The van der Waals surface area contributed by atoms with Crippen LogP contribution in [0.25, 0.3) is 10.9 Å². The van der Waals surface area contributed by atoms with E-state index in [4.69, 9.17) is 4.74 Å². The van der Waals surface area contributed by atoms with Crippen LogP contribution in [0.5, 0.6) is 17.2 Å². The number of benzene rings is 2. The highest BCUT2D eigenvalue weighted by Crippen LogP contribution is 2.35. The van der Waals surface area contributed by atoms with E-state index in [0.717, 1.165) is 10.9 Å². The standard InChI is InChI=1S/C17H12N2O2/c1-11-15(20)7-4-8-16(11)21-17-12(9-18)10-19-14-6-3-2-5-13(14)17/h2-8,10,20H,1H3. The van der Waals surface area contributed by atoms with Crippen LogP contribution in [0.4, 0.5) is 0 Å². The van der Waals surface area contributed by atoms with Crippen LogP contribution in [-0.2, 0) is 0 Å². The topological polar surface area (TPSA) is 66.1 Å². The molecule has 1 heterocycles. The third-order valence-corrected chi connectivity index (χ3v) is 3.31. The molecule has 21 heavy (non-hydrogen) atoms. The first-order valence-corrected chi connectivity index (χ1v) is 6.45. The number of nitrogens with zero attached hydrogens (tertiary/aromatic N) is 2. The van der Waals surface area contributed by atoms with Gasteiger partial charge in [-0.25, -0.2) is 0 Å². The summed E-state index contributed by atoms with van der Waals surface area (Å²) in [7, 11) is 0. The van der Waals surface area contributed by atoms with Crippen molar-refractivity contribution in [3.05, 3.63) is 59.8 Å². The van der Waals surface area contributed by atoms with Crippen molar-refractivity contribution in [2.45, 2.75) is 6.92 Å². The average Bonchev–Trinajstić information content (AvgIpc) is 2.52. The summed E-state index contributed by atoms with van der Waals surface area (Å²) >= 11 is 0. The normalized spacial score (nSPS) is 10.3. The van der Waals surface area contributed by atoms with Crippen molar-refractivity contribution in [3.8, 4) is 23.3 Å². The third-order valence-electron chi connectivity index (χ3n) is 3.31. The summed E-state index contributed by atoms with van der Waals surface area (Å²) in [5.74, 6) is 1.13. The molecule has 0 amide bonds. The summed E-state index contributed by atoms with van der Waals surface area (Å²) in [6.45, 7) is 1.76. The van der Waals surface area contributed by atoms with Crippen molar-refractivity contribution in [3.63, 3.8) is 0 Å². The lowest BCUT2D eigenvalue weighted by Crippen LogP contribution is -1.94. The Morgan fingerprint density at radius 2 is 1.95 bits per heavy atom. The first-order chi connectivity index (χ1) is 10.2. The van der Waals surface area contributed by atoms with E-state index in [0.29, 0.717) is 22.6 Å². The van der Waals surface area contributed by atoms with Gasteiger partial charge in [0.25, 0.3) is 0 Å². The quantitative estimate of drug-likeness (QED) is 0.770. The van der Waals surface area contributed by atoms with Gasteiger partial charge in [0, 0.05) is 17.1 Å². The van der Waals surface area contributed by atoms with Gasteiger partial charge in [-0.15, -0.1) is 0 Å². The van der Waals surface area contributed by atoms with E-state index in [1.165, 1.54) is 6.20 Å². The molecule has 3 rings (SSSR count). The zero-order valence-corrected chi connectivity index (χ0v) is 11.4. The average molecular weight is 276 g/mol. The van der Waals surface area contributed by atoms with Gasteiger partial charge in [0.05, 0.1) is 5.52 Å². The minimum atomic E-state index is 0.157. The second-order valence-electron chi connectivity index (χ2n) is 4.63. The van der Waals surface area contributed by atoms with Gasteiger partial charge in [0.1, 0.15) is 23.1 Å². The number of aromatic hydroxyl groups is 1. The van der Waals surface area contributed by atoms with E-state index in [9.17, 15) is 10.4 Å². The largest absolute Gasteiger partial charge is 0.508 e. The van der Waals surface area contributed by atoms with Crippen LogP contribution in [0.2, 0.25) is 0 Å². The molecule has 0 aliphatic heterocycles. The lowest BCUT2D eigenvalue weighted by Gasteiger charge is -2.12. The Bertz CT molecular complexity index is 866. The number of rotatable bonds is 2. The molecule has 0 radical (unpaired) electrons. The summed E-state index contributed by atoms with van der Waals surface area (Å²) in [6.07, 6.45) is 1.50. The van der Waals surface area contributed by atoms with Crippen molar-refractivity contribution in [2.75, 3.05) is 0 Å². The van der Waals surface area contributed by atoms with Gasteiger partial charge in [-0.2, -0.15) is 5.26 Å². The van der Waals surface area contributed by atoms with Crippen LogP contribution >= 0.6 is 0 Å². The van der Waals surface area contributed by atoms with E-state index in [1.807, 2.05) is 24.3 Å². The molecule has 0 saturated carbocycles. The number of phenolic OH excluding ortho intramolecular Hbond substituents is 1. The Hall–Kier alpha value is -3.06. The molecule has 1 aromatic heterocycles. The van der Waals surface area contributed by atoms with Crippen LogP contribution in [0.3, 0.4) is 0 Å². The molecule has 0 atom stereocenters. The fourth-order valence-corrected chi connectivity index (χ4v) is 2.13. The predicted molar refractivity (Wildman–Crippen MR) is 79.4 cm³/mol. The third kappa shape index (κ3) is 2.26. The number of phenols is 1. The van der Waals surface area contributed by atoms with Crippen molar-refractivity contribution < 1.29 is 9.84 Å². The molecule has 0 fully saturated rings. The van der Waals surface area contributed by atoms with Crippen LogP contribution in [-0.4, -0.2) is 10.1 Å². The van der Waals surface area contributed by atoms with Crippen LogP contribution < -0.4 is 4.74 Å². The summed E-state index contributed by atoms with van der Waals surface area (Å²) in [4.78, 5) is 4.24. The van der Waals surface area contributed by atoms with E-state index in [1.54, 1.807) is 25.1 Å². The van der Waals surface area contributed by atoms with Crippen molar-refractivity contribution in [2.24, 2.45) is 0 Å². The summed E-state index contributed by atoms with van der Waals surface area (Å²) < 4.78 is 5.90. The predicted octanol–water partition coefficient (Wildman–Crippen LogP) is 3.91. The first kappa shape index (κ1) is 12.9. The maximum atomic E-state index is 9.76. The molecule has 1 N–H and O–H groups in total. The number of hydrogen-bond donors (Lipinski definition) is 1. The molecule has 0 aliphatic rings. The molecule has 0 spiro atoms. The Balaban J connectivity index is 2.20. The Labute approximate surface area is 121 Å². The van der Waals surface area contributed by atoms with Crippen LogP contribution in [0, 0.1) is 18.3 Å². The number of para-hydroxylation sites is 1. The molecule has 0 aliphatic carbocycles. The zero-order valence-electron chi connectivity index (χ0n) is 11.4. The molecule has 2 aromatic carbocycles. The Morgan fingerprint density at radius 1 is 1.14 bits per heavy atom. The van der Waals surface area contributed by atoms with Crippen molar-refractivity contribution >= 4 is 10.9 Å². The van der Waals surface area contributed by atoms with E-state index in [-0.39, 0.29) is 5.75 Å². The minimum absolute atomic E-state index is 0.157. The van der Waals surface area contributed by atoms with Gasteiger partial charge in [-0.1, -0.05) is 18.2 Å². The van der Waals surface area contributed by atoms with Gasteiger partial charge >= 0.3 is 0 Å². The number of ether oxygens (including phenoxy) is 1. The number of nitriles is 1. The fourth-order valence-electron chi connectivity index (χ4n) is 2.13. The van der Waals surface area contributed by atoms with Gasteiger partial charge in [0.2, 0.25) is 0 Å². The van der Waals surface area contributed by atoms with Gasteiger partial charge in [-0.05, 0) is 31.2 Å². The Kier molecular flexibility index (Phi) is 3.17. The lowest BCUT2D eigenvalue weighted by molar-refractivity contribution is 0.449. The molecule has 4 heteroatoms. The monoisotopic (exact) mass is 276 g/mol. The van der Waals surface area contributed by atoms with E-state index in [2.05, 4.69) is 11.1 Å². The zero-order chi connectivity index (χ0) is 14.8. The second-order valence-corrected chi connectivity index (χ2v) is 4.63. The van der Waals surface area contributed by atoms with Gasteiger partial charge in [0.15, 0.2) is 5.75 Å². The molecule has 102 valence electrons. The highest BCUT2D eigenvalue weighted by atomic mass is 16.5. The minimum Gasteiger partial charge on any atom is -0.508 e. The number of hydrogen-bond acceptors (Lipinski definition) is 4. The maximum Gasteiger partial charge on any atom is 0.156 e. The van der Waals surface area contributed by atoms with Gasteiger partial charge < -0.3 is 9.84 Å². The van der Waals surface area contributed by atoms with Crippen molar-refractivity contribution in [1.29, 1.82) is 5.26 Å². The molecular weight excluding hydrogens is 264 g/mol. The Morgan fingerprint density at radius 3 is 2.76 bits per heavy atom. The molecule has 0 bridgehead atoms. The molecule has 3 aromatic rings. The van der Waals surface area contributed by atoms with Crippen molar-refractivity contribution in [1.82, 2.24) is 4.98 Å². The highest BCUT2D eigenvalue weighted by Gasteiger charge is 2.13. The first-order valence-electron chi connectivity index (χ1n) is 6.45. The summed E-state index contributed by atoms with van der Waals surface area (Å²) in [6, 6.07) is 14.6. The smallest absolute Gasteiger partial charge is 0.156 e. The lowest BCUT2D eigenvalue weighted by atomic mass is 10.1. The maximum absolute atomic E-state index is 9.76. The summed E-state index contributed by atoms with van der Waals surface area (Å²) in [5, 5.41) is 19.8. The van der Waals surface area contributed by atoms with Crippen LogP contribution in [0.1, 0.15) is 11.1 Å². The highest BCUT2D eigenvalue weighted by molar-refractivity contribution is 5.87. The molecular formula is C17H12N2O2. The molecule has 4 nitrogen and oxygen atoms in total. The van der Waals surface area contributed by atoms with Crippen LogP contribution in [0.15, 0.2) is 48.7 Å². The SMILES string of the molecule is Cc1c(O)cccc1Oc1c(C#N)cnc2ccccc12. The van der Waals surface area contributed by atoms with Gasteiger partial charge in [-0.3, -0.25) is 4.98 Å². The number of pyridine rings is 1. The number of fused-ring (bicyclic) bond motifs is 1. The molecule has 0 saturated heterocycles. The molecule has 0 unspecified atom stereocenters.